The maximum absolute atomic E-state index is 5.80. The lowest BCUT2D eigenvalue weighted by atomic mass is 10.2. The van der Waals surface area contributed by atoms with E-state index in [-0.39, 0.29) is 24.0 Å². The van der Waals surface area contributed by atoms with Gasteiger partial charge in [0.25, 0.3) is 0 Å². The van der Waals surface area contributed by atoms with E-state index in [9.17, 15) is 0 Å². The summed E-state index contributed by atoms with van der Waals surface area (Å²) in [5, 5.41) is 11.6. The van der Waals surface area contributed by atoms with Gasteiger partial charge in [0.15, 0.2) is 5.96 Å². The lowest BCUT2D eigenvalue weighted by Gasteiger charge is -2.11. The molecule has 26 heavy (non-hydrogen) atoms. The van der Waals surface area contributed by atoms with Crippen LogP contribution in [0.3, 0.4) is 0 Å². The van der Waals surface area contributed by atoms with Crippen molar-refractivity contribution in [2.45, 2.75) is 40.2 Å². The molecule has 0 saturated carbocycles. The largest absolute Gasteiger partial charge is 0.357 e. The molecule has 0 radical (unpaired) electrons. The second-order valence-electron chi connectivity index (χ2n) is 5.93. The van der Waals surface area contributed by atoms with Crippen LogP contribution in [0.4, 0.5) is 0 Å². The molecule has 0 spiro atoms. The van der Waals surface area contributed by atoms with Gasteiger partial charge in [-0.2, -0.15) is 5.10 Å². The predicted octanol–water partition coefficient (Wildman–Crippen LogP) is 3.35. The molecule has 8 heteroatoms. The molecule has 2 aromatic rings. The second-order valence-corrected chi connectivity index (χ2v) is 6.32. The number of pyridine rings is 1. The maximum atomic E-state index is 5.80. The standard InChI is InChI=1S/C18H27ClN6.HI/c1-4-20-18(22-10-8-16-6-7-17(19)23-13-16)21-9-5-11-25-15(3)12-14(2)24-25;/h6-7,12-13H,4-5,8-11H2,1-3H3,(H2,20,21,22);1H. The van der Waals surface area contributed by atoms with Crippen LogP contribution < -0.4 is 10.6 Å². The van der Waals surface area contributed by atoms with E-state index >= 15 is 0 Å². The molecule has 144 valence electrons. The number of nitrogens with one attached hydrogen (secondary N) is 2. The minimum atomic E-state index is 0. The van der Waals surface area contributed by atoms with Crippen molar-refractivity contribution in [1.29, 1.82) is 0 Å². The number of rotatable bonds is 8. The molecule has 0 fully saturated rings. The lowest BCUT2D eigenvalue weighted by Crippen LogP contribution is -2.38. The van der Waals surface area contributed by atoms with Crippen molar-refractivity contribution in [1.82, 2.24) is 25.4 Å². The van der Waals surface area contributed by atoms with Crippen molar-refractivity contribution in [2.24, 2.45) is 4.99 Å². The zero-order valence-corrected chi connectivity index (χ0v) is 18.7. The summed E-state index contributed by atoms with van der Waals surface area (Å²) in [6.45, 7) is 9.45. The quantitative estimate of drug-likeness (QED) is 0.196. The second kappa shape index (κ2) is 12.1. The van der Waals surface area contributed by atoms with Crippen LogP contribution in [0.25, 0.3) is 0 Å². The Balaban J connectivity index is 0.00000338. The Morgan fingerprint density at radius 2 is 2.08 bits per heavy atom. The smallest absolute Gasteiger partial charge is 0.191 e. The van der Waals surface area contributed by atoms with Gasteiger partial charge in [0, 0.05) is 38.1 Å². The summed E-state index contributed by atoms with van der Waals surface area (Å²) < 4.78 is 2.04. The molecule has 0 amide bonds. The zero-order valence-electron chi connectivity index (χ0n) is 15.6. The first kappa shape index (κ1) is 22.7. The Hall–Kier alpha value is -1.35. The third-order valence-corrected chi connectivity index (χ3v) is 3.96. The highest BCUT2D eigenvalue weighted by Gasteiger charge is 2.01. The van der Waals surface area contributed by atoms with Gasteiger partial charge in [0.05, 0.1) is 5.69 Å². The molecule has 0 aliphatic heterocycles. The molecule has 2 heterocycles. The monoisotopic (exact) mass is 490 g/mol. The highest BCUT2D eigenvalue weighted by atomic mass is 127. The average Bonchev–Trinajstić information content (AvgIpc) is 2.91. The van der Waals surface area contributed by atoms with Crippen LogP contribution in [0.5, 0.6) is 0 Å². The van der Waals surface area contributed by atoms with Gasteiger partial charge < -0.3 is 10.6 Å². The van der Waals surface area contributed by atoms with Gasteiger partial charge in [-0.15, -0.1) is 24.0 Å². The Morgan fingerprint density at radius 3 is 2.69 bits per heavy atom. The Morgan fingerprint density at radius 1 is 1.27 bits per heavy atom. The summed E-state index contributed by atoms with van der Waals surface area (Å²) in [5.41, 5.74) is 3.41. The van der Waals surface area contributed by atoms with Crippen LogP contribution in [0.2, 0.25) is 5.15 Å². The van der Waals surface area contributed by atoms with Gasteiger partial charge in [-0.05, 0) is 51.3 Å². The Kier molecular flexibility index (Phi) is 10.6. The fraction of sp³-hybridized carbons (Fsp3) is 0.500. The third-order valence-electron chi connectivity index (χ3n) is 3.74. The minimum absolute atomic E-state index is 0. The van der Waals surface area contributed by atoms with Gasteiger partial charge >= 0.3 is 0 Å². The van der Waals surface area contributed by atoms with Crippen LogP contribution in [0, 0.1) is 13.8 Å². The van der Waals surface area contributed by atoms with Crippen molar-refractivity contribution in [3.63, 3.8) is 0 Å². The van der Waals surface area contributed by atoms with E-state index in [0.717, 1.165) is 56.2 Å². The van der Waals surface area contributed by atoms with Crippen LogP contribution in [0.15, 0.2) is 29.4 Å². The summed E-state index contributed by atoms with van der Waals surface area (Å²) >= 11 is 5.80. The lowest BCUT2D eigenvalue weighted by molar-refractivity contribution is 0.567. The van der Waals surface area contributed by atoms with Gasteiger partial charge in [-0.3, -0.25) is 9.67 Å². The minimum Gasteiger partial charge on any atom is -0.357 e. The first-order chi connectivity index (χ1) is 12.1. The van der Waals surface area contributed by atoms with Gasteiger partial charge in [0.2, 0.25) is 0 Å². The molecule has 0 aliphatic carbocycles. The number of guanidine groups is 1. The van der Waals surface area contributed by atoms with E-state index in [1.54, 1.807) is 0 Å². The van der Waals surface area contributed by atoms with Gasteiger partial charge in [0.1, 0.15) is 5.15 Å². The molecular formula is C18H28ClIN6. The maximum Gasteiger partial charge on any atom is 0.191 e. The van der Waals surface area contributed by atoms with Crippen molar-refractivity contribution < 1.29 is 0 Å². The number of halogens is 2. The first-order valence-electron chi connectivity index (χ1n) is 8.72. The summed E-state index contributed by atoms with van der Waals surface area (Å²) in [6, 6.07) is 5.91. The normalized spacial score (nSPS) is 11.2. The van der Waals surface area contributed by atoms with Crippen molar-refractivity contribution >= 4 is 41.5 Å². The fourth-order valence-electron chi connectivity index (χ4n) is 2.53. The topological polar surface area (TPSA) is 67.1 Å². The molecule has 6 nitrogen and oxygen atoms in total. The SMILES string of the molecule is CCNC(=NCCCn1nc(C)cc1C)NCCc1ccc(Cl)nc1.I. The van der Waals surface area contributed by atoms with Crippen molar-refractivity contribution in [3.8, 4) is 0 Å². The van der Waals surface area contributed by atoms with E-state index in [1.807, 2.05) is 29.9 Å². The number of aryl methyl sites for hydroxylation is 3. The average molecular weight is 491 g/mol. The Labute approximate surface area is 177 Å². The van der Waals surface area contributed by atoms with E-state index < -0.39 is 0 Å². The van der Waals surface area contributed by atoms with E-state index in [4.69, 9.17) is 11.6 Å². The van der Waals surface area contributed by atoms with E-state index in [2.05, 4.69) is 45.6 Å². The summed E-state index contributed by atoms with van der Waals surface area (Å²) in [6.07, 6.45) is 3.64. The van der Waals surface area contributed by atoms with Gasteiger partial charge in [-0.25, -0.2) is 4.98 Å². The van der Waals surface area contributed by atoms with Crippen LogP contribution >= 0.6 is 35.6 Å². The van der Waals surface area contributed by atoms with E-state index in [1.165, 1.54) is 5.69 Å². The Bertz CT molecular complexity index is 683. The molecule has 2 aromatic heterocycles. The third kappa shape index (κ3) is 7.90. The van der Waals surface area contributed by atoms with E-state index in [0.29, 0.717) is 5.15 Å². The van der Waals surface area contributed by atoms with Crippen LogP contribution in [-0.4, -0.2) is 40.4 Å². The molecule has 0 aromatic carbocycles. The number of nitrogens with zero attached hydrogens (tertiary/aromatic N) is 4. The summed E-state index contributed by atoms with van der Waals surface area (Å²) in [5.74, 6) is 0.845. The summed E-state index contributed by atoms with van der Waals surface area (Å²) in [4.78, 5) is 8.72. The molecule has 0 unspecified atom stereocenters. The molecule has 2 rings (SSSR count). The molecule has 0 atom stereocenters. The van der Waals surface area contributed by atoms with Crippen molar-refractivity contribution in [3.05, 3.63) is 46.5 Å². The first-order valence-corrected chi connectivity index (χ1v) is 9.10. The number of hydrogen-bond acceptors (Lipinski definition) is 3. The van der Waals surface area contributed by atoms with Crippen LogP contribution in [-0.2, 0) is 13.0 Å². The molecule has 0 saturated heterocycles. The fourth-order valence-corrected chi connectivity index (χ4v) is 2.65. The zero-order chi connectivity index (χ0) is 18.1. The van der Waals surface area contributed by atoms with Crippen molar-refractivity contribution in [2.75, 3.05) is 19.6 Å². The number of aliphatic imine (C=N–C) groups is 1. The van der Waals surface area contributed by atoms with Gasteiger partial charge in [-0.1, -0.05) is 17.7 Å². The molecule has 0 aliphatic rings. The molecular weight excluding hydrogens is 463 g/mol. The highest BCUT2D eigenvalue weighted by molar-refractivity contribution is 14.0. The highest BCUT2D eigenvalue weighted by Crippen LogP contribution is 2.05. The predicted molar refractivity (Wildman–Crippen MR) is 119 cm³/mol. The number of aromatic nitrogens is 3. The molecule has 0 bridgehead atoms. The molecule has 2 N–H and O–H groups in total. The number of hydrogen-bond donors (Lipinski definition) is 2. The van der Waals surface area contributed by atoms with Crippen LogP contribution in [0.1, 0.15) is 30.3 Å². The summed E-state index contributed by atoms with van der Waals surface area (Å²) in [7, 11) is 0.